The van der Waals surface area contributed by atoms with Gasteiger partial charge in [-0.05, 0) is 53.8 Å². The summed E-state index contributed by atoms with van der Waals surface area (Å²) in [6.45, 7) is 24.4. The average Bonchev–Trinajstić information content (AvgIpc) is 2.49. The highest BCUT2D eigenvalue weighted by Gasteiger charge is 2.29. The standard InChI is InChI=1S/C21H44/c1-11-14(3)16(5)13-17(6)19(8)21(10)20(9)18(7)15(4)12-2/h14-21H,11-13H2,1-10H3. The zero-order chi connectivity index (χ0) is 16.7. The lowest BCUT2D eigenvalue weighted by atomic mass is 9.69. The van der Waals surface area contributed by atoms with Crippen LogP contribution >= 0.6 is 0 Å². The van der Waals surface area contributed by atoms with Crippen molar-refractivity contribution in [1.29, 1.82) is 0 Å². The highest BCUT2D eigenvalue weighted by molar-refractivity contribution is 4.79. The molecule has 0 N–H and O–H groups in total. The number of hydrogen-bond donors (Lipinski definition) is 0. The van der Waals surface area contributed by atoms with Crippen LogP contribution in [0.2, 0.25) is 0 Å². The molecule has 0 aromatic rings. The van der Waals surface area contributed by atoms with Gasteiger partial charge in [-0.3, -0.25) is 0 Å². The van der Waals surface area contributed by atoms with Gasteiger partial charge in [-0.15, -0.1) is 0 Å². The van der Waals surface area contributed by atoms with Gasteiger partial charge in [0.25, 0.3) is 0 Å². The fourth-order valence-corrected chi connectivity index (χ4v) is 3.80. The van der Waals surface area contributed by atoms with Gasteiger partial charge >= 0.3 is 0 Å². The molecule has 0 fully saturated rings. The molecule has 0 heterocycles. The summed E-state index contributed by atoms with van der Waals surface area (Å²) in [7, 11) is 0. The molecule has 0 heteroatoms. The maximum absolute atomic E-state index is 2.50. The Kier molecular flexibility index (Phi) is 9.90. The van der Waals surface area contributed by atoms with Crippen LogP contribution in [0.4, 0.5) is 0 Å². The summed E-state index contributed by atoms with van der Waals surface area (Å²) in [5.74, 6) is 6.75. The van der Waals surface area contributed by atoms with Gasteiger partial charge in [0.15, 0.2) is 0 Å². The Morgan fingerprint density at radius 3 is 1.19 bits per heavy atom. The molecule has 0 nitrogen and oxygen atoms in total. The molecular formula is C21H44. The molecule has 0 bridgehead atoms. The average molecular weight is 297 g/mol. The van der Waals surface area contributed by atoms with Crippen LogP contribution in [0.15, 0.2) is 0 Å². The first-order valence-corrected chi connectivity index (χ1v) is 9.67. The lowest BCUT2D eigenvalue weighted by molar-refractivity contribution is 0.123. The second kappa shape index (κ2) is 9.90. The Hall–Kier alpha value is 0. The van der Waals surface area contributed by atoms with Crippen LogP contribution in [0.5, 0.6) is 0 Å². The normalized spacial score (nSPS) is 23.7. The van der Waals surface area contributed by atoms with Crippen LogP contribution < -0.4 is 0 Å². The predicted molar refractivity (Wildman–Crippen MR) is 98.5 cm³/mol. The molecule has 21 heavy (non-hydrogen) atoms. The van der Waals surface area contributed by atoms with E-state index in [0.29, 0.717) is 0 Å². The molecular weight excluding hydrogens is 252 g/mol. The van der Waals surface area contributed by atoms with Gasteiger partial charge in [0.1, 0.15) is 0 Å². The SMILES string of the molecule is CCC(C)C(C)CC(C)C(C)C(C)C(C)C(C)C(C)CC. The summed E-state index contributed by atoms with van der Waals surface area (Å²) in [6, 6.07) is 0. The van der Waals surface area contributed by atoms with Gasteiger partial charge in [0.05, 0.1) is 0 Å². The lowest BCUT2D eigenvalue weighted by Crippen LogP contribution is -2.30. The van der Waals surface area contributed by atoms with Crippen molar-refractivity contribution in [1.82, 2.24) is 0 Å². The molecule has 0 aromatic carbocycles. The molecule has 0 saturated carbocycles. The third-order valence-corrected chi connectivity index (χ3v) is 7.29. The van der Waals surface area contributed by atoms with Crippen molar-refractivity contribution in [2.45, 2.75) is 88.5 Å². The predicted octanol–water partition coefficient (Wildman–Crippen LogP) is 7.29. The van der Waals surface area contributed by atoms with Gasteiger partial charge in [0, 0.05) is 0 Å². The molecule has 0 saturated heterocycles. The minimum atomic E-state index is 0.827. The first-order chi connectivity index (χ1) is 9.67. The highest BCUT2D eigenvalue weighted by atomic mass is 14.3. The molecule has 8 unspecified atom stereocenters. The Bertz CT molecular complexity index is 257. The Labute approximate surface area is 136 Å². The van der Waals surface area contributed by atoms with E-state index in [-0.39, 0.29) is 0 Å². The summed E-state index contributed by atoms with van der Waals surface area (Å²) in [5, 5.41) is 0. The molecule has 8 atom stereocenters. The largest absolute Gasteiger partial charge is 0.0651 e. The van der Waals surface area contributed by atoms with E-state index < -0.39 is 0 Å². The van der Waals surface area contributed by atoms with E-state index in [2.05, 4.69) is 69.2 Å². The maximum atomic E-state index is 2.50. The number of rotatable bonds is 10. The topological polar surface area (TPSA) is 0 Å². The van der Waals surface area contributed by atoms with E-state index in [0.717, 1.165) is 47.3 Å². The minimum absolute atomic E-state index is 0.827. The van der Waals surface area contributed by atoms with Gasteiger partial charge in [-0.2, -0.15) is 0 Å². The second-order valence-corrected chi connectivity index (χ2v) is 8.40. The number of hydrogen-bond acceptors (Lipinski definition) is 0. The van der Waals surface area contributed by atoms with Crippen molar-refractivity contribution in [3.05, 3.63) is 0 Å². The summed E-state index contributed by atoms with van der Waals surface area (Å²) >= 11 is 0. The highest BCUT2D eigenvalue weighted by Crippen LogP contribution is 2.37. The lowest BCUT2D eigenvalue weighted by Gasteiger charge is -2.37. The summed E-state index contributed by atoms with van der Waals surface area (Å²) in [5.41, 5.74) is 0. The van der Waals surface area contributed by atoms with Crippen molar-refractivity contribution in [2.75, 3.05) is 0 Å². The van der Waals surface area contributed by atoms with E-state index in [9.17, 15) is 0 Å². The van der Waals surface area contributed by atoms with Crippen LogP contribution in [0.25, 0.3) is 0 Å². The van der Waals surface area contributed by atoms with Crippen molar-refractivity contribution < 1.29 is 0 Å². The van der Waals surface area contributed by atoms with Gasteiger partial charge in [-0.25, -0.2) is 0 Å². The van der Waals surface area contributed by atoms with Gasteiger partial charge in [-0.1, -0.05) is 82.1 Å². The van der Waals surface area contributed by atoms with E-state index in [1.54, 1.807) is 0 Å². The Morgan fingerprint density at radius 2 is 0.810 bits per heavy atom. The molecule has 0 aliphatic carbocycles. The van der Waals surface area contributed by atoms with Crippen LogP contribution in [0.3, 0.4) is 0 Å². The van der Waals surface area contributed by atoms with E-state index in [1.165, 1.54) is 19.3 Å². The molecule has 0 rings (SSSR count). The van der Waals surface area contributed by atoms with E-state index in [1.807, 2.05) is 0 Å². The Morgan fingerprint density at radius 1 is 0.429 bits per heavy atom. The first-order valence-electron chi connectivity index (χ1n) is 9.67. The molecule has 0 spiro atoms. The van der Waals surface area contributed by atoms with Gasteiger partial charge in [0.2, 0.25) is 0 Å². The molecule has 0 radical (unpaired) electrons. The first kappa shape index (κ1) is 21.0. The molecule has 0 aliphatic rings. The summed E-state index contributed by atoms with van der Waals surface area (Å²) < 4.78 is 0. The van der Waals surface area contributed by atoms with Crippen molar-refractivity contribution in [2.24, 2.45) is 47.3 Å². The molecule has 0 aliphatic heterocycles. The fraction of sp³-hybridized carbons (Fsp3) is 1.00. The van der Waals surface area contributed by atoms with Crippen LogP contribution in [0, 0.1) is 47.3 Å². The minimum Gasteiger partial charge on any atom is -0.0651 e. The monoisotopic (exact) mass is 296 g/mol. The third-order valence-electron chi connectivity index (χ3n) is 7.29. The summed E-state index contributed by atoms with van der Waals surface area (Å²) in [4.78, 5) is 0. The zero-order valence-corrected chi connectivity index (χ0v) is 16.7. The Balaban J connectivity index is 4.57. The maximum Gasteiger partial charge on any atom is -0.0386 e. The summed E-state index contributed by atoms with van der Waals surface area (Å²) in [6.07, 6.45) is 4.03. The fourth-order valence-electron chi connectivity index (χ4n) is 3.80. The van der Waals surface area contributed by atoms with Crippen LogP contribution in [-0.4, -0.2) is 0 Å². The van der Waals surface area contributed by atoms with Crippen molar-refractivity contribution >= 4 is 0 Å². The van der Waals surface area contributed by atoms with Crippen molar-refractivity contribution in [3.8, 4) is 0 Å². The quantitative estimate of drug-likeness (QED) is 0.397. The van der Waals surface area contributed by atoms with E-state index in [4.69, 9.17) is 0 Å². The zero-order valence-electron chi connectivity index (χ0n) is 16.7. The second-order valence-electron chi connectivity index (χ2n) is 8.40. The van der Waals surface area contributed by atoms with E-state index >= 15 is 0 Å². The molecule has 0 amide bonds. The van der Waals surface area contributed by atoms with Crippen LogP contribution in [-0.2, 0) is 0 Å². The third kappa shape index (κ3) is 6.33. The smallest absolute Gasteiger partial charge is 0.0386 e. The molecule has 128 valence electrons. The van der Waals surface area contributed by atoms with Crippen LogP contribution in [0.1, 0.15) is 88.5 Å². The molecule has 0 aromatic heterocycles. The van der Waals surface area contributed by atoms with Crippen molar-refractivity contribution in [3.63, 3.8) is 0 Å². The van der Waals surface area contributed by atoms with Gasteiger partial charge < -0.3 is 0 Å².